The van der Waals surface area contributed by atoms with Gasteiger partial charge in [-0.15, -0.1) is 0 Å². The van der Waals surface area contributed by atoms with Gasteiger partial charge in [-0.3, -0.25) is 19.2 Å². The van der Waals surface area contributed by atoms with Gasteiger partial charge < -0.3 is 31.9 Å². The second-order valence-electron chi connectivity index (χ2n) is 9.08. The van der Waals surface area contributed by atoms with Crippen molar-refractivity contribution in [2.75, 3.05) is 0 Å². The predicted octanol–water partition coefficient (Wildman–Crippen LogP) is 0.272. The van der Waals surface area contributed by atoms with Crippen molar-refractivity contribution < 1.29 is 34.2 Å². The van der Waals surface area contributed by atoms with Crippen molar-refractivity contribution in [3.63, 3.8) is 0 Å². The van der Waals surface area contributed by atoms with E-state index in [2.05, 4.69) is 16.0 Å². The quantitative estimate of drug-likeness (QED) is 0.213. The van der Waals surface area contributed by atoms with Crippen molar-refractivity contribution in [1.82, 2.24) is 16.0 Å². The van der Waals surface area contributed by atoms with Crippen molar-refractivity contribution >= 4 is 29.7 Å². The molecule has 0 radical (unpaired) electrons. The molecule has 1 aromatic rings. The van der Waals surface area contributed by atoms with Gasteiger partial charge in [-0.25, -0.2) is 4.79 Å². The lowest BCUT2D eigenvalue weighted by atomic mass is 10.0. The molecule has 0 saturated heterocycles. The molecule has 0 bridgehead atoms. The maximum absolute atomic E-state index is 13.1. The molecule has 0 fully saturated rings. The number of aliphatic carboxylic acids is 2. The standard InChI is InChI=1S/C24H36N4O7/c1-13(2)19(25)23(33)26-16(10-11-18(29)30)21(31)27-17(12-15-8-6-5-7-9-15)22(32)28-20(14(3)4)24(34)35/h5-9,13-14,16-17,19-20H,10-12,25H2,1-4H3,(H,26,33)(H,27,31)(H,28,32)(H,29,30)(H,34,35). The van der Waals surface area contributed by atoms with Crippen LogP contribution in [-0.4, -0.2) is 64.0 Å². The van der Waals surface area contributed by atoms with E-state index in [0.29, 0.717) is 5.56 Å². The topological polar surface area (TPSA) is 188 Å². The minimum Gasteiger partial charge on any atom is -0.481 e. The van der Waals surface area contributed by atoms with Crippen LogP contribution in [0.25, 0.3) is 0 Å². The Balaban J connectivity index is 3.15. The van der Waals surface area contributed by atoms with Crippen LogP contribution in [0, 0.1) is 11.8 Å². The fourth-order valence-corrected chi connectivity index (χ4v) is 3.21. The summed E-state index contributed by atoms with van der Waals surface area (Å²) in [6.07, 6.45) is -0.575. The summed E-state index contributed by atoms with van der Waals surface area (Å²) in [5, 5.41) is 26.0. The highest BCUT2D eigenvalue weighted by atomic mass is 16.4. The maximum atomic E-state index is 13.1. The predicted molar refractivity (Wildman–Crippen MR) is 128 cm³/mol. The number of nitrogens with one attached hydrogen (secondary N) is 3. The van der Waals surface area contributed by atoms with Crippen LogP contribution in [0.5, 0.6) is 0 Å². The Bertz CT molecular complexity index is 889. The van der Waals surface area contributed by atoms with Crippen LogP contribution in [0.2, 0.25) is 0 Å². The van der Waals surface area contributed by atoms with E-state index in [0.717, 1.165) is 0 Å². The van der Waals surface area contributed by atoms with Crippen molar-refractivity contribution in [2.45, 2.75) is 71.1 Å². The molecular formula is C24H36N4O7. The molecule has 0 spiro atoms. The zero-order valence-corrected chi connectivity index (χ0v) is 20.5. The summed E-state index contributed by atoms with van der Waals surface area (Å²) in [6.45, 7) is 6.73. The molecule has 1 aromatic carbocycles. The van der Waals surface area contributed by atoms with Gasteiger partial charge in [0.2, 0.25) is 17.7 Å². The lowest BCUT2D eigenvalue weighted by molar-refractivity contribution is -0.143. The summed E-state index contributed by atoms with van der Waals surface area (Å²) in [5.41, 5.74) is 6.55. The number of hydrogen-bond donors (Lipinski definition) is 6. The summed E-state index contributed by atoms with van der Waals surface area (Å²) >= 11 is 0. The van der Waals surface area contributed by atoms with Gasteiger partial charge in [-0.05, 0) is 23.8 Å². The van der Waals surface area contributed by atoms with E-state index in [1.165, 1.54) is 0 Å². The third-order valence-corrected chi connectivity index (χ3v) is 5.45. The molecule has 0 aromatic heterocycles. The average Bonchev–Trinajstić information content (AvgIpc) is 2.78. The van der Waals surface area contributed by atoms with Gasteiger partial charge in [0.25, 0.3) is 0 Å². The number of carbonyl (C=O) groups excluding carboxylic acids is 3. The first-order chi connectivity index (χ1) is 16.3. The highest BCUT2D eigenvalue weighted by molar-refractivity contribution is 5.94. The summed E-state index contributed by atoms with van der Waals surface area (Å²) in [5.74, 6) is -5.13. The first kappa shape index (κ1) is 29.6. The minimum atomic E-state index is -1.25. The summed E-state index contributed by atoms with van der Waals surface area (Å²) in [4.78, 5) is 61.2. The van der Waals surface area contributed by atoms with Gasteiger partial charge >= 0.3 is 11.9 Å². The number of amides is 3. The van der Waals surface area contributed by atoms with Crippen LogP contribution in [0.3, 0.4) is 0 Å². The van der Waals surface area contributed by atoms with Gasteiger partial charge in [0.05, 0.1) is 6.04 Å². The van der Waals surface area contributed by atoms with E-state index in [9.17, 15) is 29.1 Å². The summed E-state index contributed by atoms with van der Waals surface area (Å²) in [7, 11) is 0. The van der Waals surface area contributed by atoms with Crippen LogP contribution >= 0.6 is 0 Å². The van der Waals surface area contributed by atoms with E-state index < -0.39 is 66.2 Å². The molecule has 7 N–H and O–H groups in total. The molecule has 4 atom stereocenters. The second-order valence-corrected chi connectivity index (χ2v) is 9.08. The number of carboxylic acid groups (broad SMARTS) is 2. The smallest absolute Gasteiger partial charge is 0.326 e. The van der Waals surface area contributed by atoms with Gasteiger partial charge in [0.1, 0.15) is 18.1 Å². The third kappa shape index (κ3) is 10.1. The lowest BCUT2D eigenvalue weighted by Crippen LogP contribution is -2.58. The zero-order chi connectivity index (χ0) is 26.7. The number of nitrogens with two attached hydrogens (primary N) is 1. The highest BCUT2D eigenvalue weighted by Gasteiger charge is 2.32. The molecule has 0 saturated carbocycles. The molecule has 0 aliphatic rings. The first-order valence-electron chi connectivity index (χ1n) is 11.5. The van der Waals surface area contributed by atoms with Crippen molar-refractivity contribution in [3.8, 4) is 0 Å². The van der Waals surface area contributed by atoms with Crippen LogP contribution in [0.15, 0.2) is 30.3 Å². The number of hydrogen-bond acceptors (Lipinski definition) is 6. The maximum Gasteiger partial charge on any atom is 0.326 e. The van der Waals surface area contributed by atoms with Crippen LogP contribution in [-0.2, 0) is 30.4 Å². The number of rotatable bonds is 14. The molecule has 0 aliphatic carbocycles. The largest absolute Gasteiger partial charge is 0.481 e. The van der Waals surface area contributed by atoms with E-state index in [1.807, 2.05) is 0 Å². The van der Waals surface area contributed by atoms with Gasteiger partial charge in [0.15, 0.2) is 0 Å². The van der Waals surface area contributed by atoms with Crippen molar-refractivity contribution in [3.05, 3.63) is 35.9 Å². The Kier molecular flexibility index (Phi) is 11.9. The van der Waals surface area contributed by atoms with Crippen molar-refractivity contribution in [1.29, 1.82) is 0 Å². The monoisotopic (exact) mass is 492 g/mol. The number of benzene rings is 1. The van der Waals surface area contributed by atoms with Gasteiger partial charge in [-0.2, -0.15) is 0 Å². The summed E-state index contributed by atoms with van der Waals surface area (Å²) < 4.78 is 0. The molecule has 4 unspecified atom stereocenters. The highest BCUT2D eigenvalue weighted by Crippen LogP contribution is 2.09. The van der Waals surface area contributed by atoms with Crippen LogP contribution in [0.4, 0.5) is 0 Å². The van der Waals surface area contributed by atoms with E-state index >= 15 is 0 Å². The Morgan fingerprint density at radius 3 is 1.83 bits per heavy atom. The average molecular weight is 493 g/mol. The van der Waals surface area contributed by atoms with E-state index in [-0.39, 0.29) is 18.8 Å². The van der Waals surface area contributed by atoms with Crippen molar-refractivity contribution in [2.24, 2.45) is 17.6 Å². The third-order valence-electron chi connectivity index (χ3n) is 5.45. The SMILES string of the molecule is CC(C)C(N)C(=O)NC(CCC(=O)O)C(=O)NC(Cc1ccccc1)C(=O)NC(C(=O)O)C(C)C. The normalized spacial score (nSPS) is 14.5. The first-order valence-corrected chi connectivity index (χ1v) is 11.5. The molecule has 11 nitrogen and oxygen atoms in total. The van der Waals surface area contributed by atoms with E-state index in [4.69, 9.17) is 10.8 Å². The van der Waals surface area contributed by atoms with Gasteiger partial charge in [0, 0.05) is 12.8 Å². The van der Waals surface area contributed by atoms with E-state index in [1.54, 1.807) is 58.0 Å². The second kappa shape index (κ2) is 14.1. The number of carboxylic acids is 2. The van der Waals surface area contributed by atoms with Crippen LogP contribution < -0.4 is 21.7 Å². The molecule has 0 aliphatic heterocycles. The molecule has 11 heteroatoms. The Hall–Kier alpha value is -3.47. The lowest BCUT2D eigenvalue weighted by Gasteiger charge is -2.26. The zero-order valence-electron chi connectivity index (χ0n) is 20.5. The summed E-state index contributed by atoms with van der Waals surface area (Å²) in [6, 6.07) is 4.26. The fourth-order valence-electron chi connectivity index (χ4n) is 3.21. The molecule has 3 amide bonds. The fraction of sp³-hybridized carbons (Fsp3) is 0.542. The number of carbonyl (C=O) groups is 5. The molecule has 0 heterocycles. The Morgan fingerprint density at radius 2 is 1.34 bits per heavy atom. The van der Waals surface area contributed by atoms with Crippen LogP contribution in [0.1, 0.15) is 46.1 Å². The van der Waals surface area contributed by atoms with Gasteiger partial charge in [-0.1, -0.05) is 58.0 Å². The molecular weight excluding hydrogens is 456 g/mol. The molecule has 194 valence electrons. The Morgan fingerprint density at radius 1 is 0.800 bits per heavy atom. The molecule has 35 heavy (non-hydrogen) atoms. The minimum absolute atomic E-state index is 0.0496. The molecule has 1 rings (SSSR count). The Labute approximate surface area is 204 Å².